The van der Waals surface area contributed by atoms with Gasteiger partial charge in [-0.25, -0.2) is 0 Å². The van der Waals surface area contributed by atoms with Crippen molar-refractivity contribution in [1.29, 1.82) is 0 Å². The van der Waals surface area contributed by atoms with E-state index in [1.165, 1.54) is 0 Å². The van der Waals surface area contributed by atoms with Gasteiger partial charge in [0.25, 0.3) is 0 Å². The van der Waals surface area contributed by atoms with Gasteiger partial charge in [-0.2, -0.15) is 0 Å². The van der Waals surface area contributed by atoms with Crippen LogP contribution < -0.4 is 17.2 Å². The van der Waals surface area contributed by atoms with Crippen LogP contribution in [0.15, 0.2) is 36.4 Å². The van der Waals surface area contributed by atoms with E-state index < -0.39 is 6.10 Å². The molecule has 2 rings (SSSR count). The molecule has 20 heavy (non-hydrogen) atoms. The van der Waals surface area contributed by atoms with Crippen molar-refractivity contribution in [2.45, 2.75) is 12.5 Å². The minimum Gasteiger partial charge on any atom is -0.399 e. The standard InChI is InChI=1S/C15H19N3O2/c16-11-3-1-2-10(7-11)13-5-9(4-12(20)8-19)6-14(17)15(13)18/h1-3,5-7,12,19-20H,4,8,16-18H2. The summed E-state index contributed by atoms with van der Waals surface area (Å²) in [5, 5.41) is 18.5. The molecule has 0 aliphatic carbocycles. The zero-order valence-corrected chi connectivity index (χ0v) is 11.1. The maximum absolute atomic E-state index is 9.54. The van der Waals surface area contributed by atoms with Gasteiger partial charge in [0.1, 0.15) is 0 Å². The first-order valence-electron chi connectivity index (χ1n) is 6.34. The van der Waals surface area contributed by atoms with Crippen molar-refractivity contribution in [3.63, 3.8) is 0 Å². The van der Waals surface area contributed by atoms with E-state index in [0.717, 1.165) is 16.7 Å². The quantitative estimate of drug-likeness (QED) is 0.532. The van der Waals surface area contributed by atoms with Gasteiger partial charge in [0, 0.05) is 17.7 Å². The van der Waals surface area contributed by atoms with Gasteiger partial charge in [-0.1, -0.05) is 12.1 Å². The highest BCUT2D eigenvalue weighted by molar-refractivity contribution is 5.86. The van der Waals surface area contributed by atoms with Crippen LogP contribution in [0.3, 0.4) is 0 Å². The zero-order valence-electron chi connectivity index (χ0n) is 11.1. The van der Waals surface area contributed by atoms with Crippen molar-refractivity contribution in [1.82, 2.24) is 0 Å². The van der Waals surface area contributed by atoms with Gasteiger partial charge in [0.15, 0.2) is 0 Å². The van der Waals surface area contributed by atoms with Crippen LogP contribution >= 0.6 is 0 Å². The monoisotopic (exact) mass is 273 g/mol. The number of hydrogen-bond donors (Lipinski definition) is 5. The number of aliphatic hydroxyl groups excluding tert-OH is 2. The maximum atomic E-state index is 9.54. The second-order valence-electron chi connectivity index (χ2n) is 4.81. The highest BCUT2D eigenvalue weighted by Crippen LogP contribution is 2.33. The Morgan fingerprint density at radius 2 is 1.80 bits per heavy atom. The minimum absolute atomic E-state index is 0.294. The van der Waals surface area contributed by atoms with Gasteiger partial charge in [-0.05, 0) is 35.4 Å². The smallest absolute Gasteiger partial charge is 0.0811 e. The lowest BCUT2D eigenvalue weighted by atomic mass is 9.97. The van der Waals surface area contributed by atoms with Crippen molar-refractivity contribution in [2.75, 3.05) is 23.8 Å². The predicted octanol–water partition coefficient (Wildman–Crippen LogP) is 0.996. The molecule has 0 saturated heterocycles. The Morgan fingerprint density at radius 1 is 1.05 bits per heavy atom. The number of hydrogen-bond acceptors (Lipinski definition) is 5. The molecule has 2 aromatic rings. The fourth-order valence-corrected chi connectivity index (χ4v) is 2.14. The van der Waals surface area contributed by atoms with Crippen molar-refractivity contribution < 1.29 is 10.2 Å². The third kappa shape index (κ3) is 3.01. The van der Waals surface area contributed by atoms with E-state index in [1.54, 1.807) is 12.1 Å². The molecule has 0 amide bonds. The molecular weight excluding hydrogens is 254 g/mol. The Labute approximate surface area is 117 Å². The lowest BCUT2D eigenvalue weighted by molar-refractivity contribution is 0.0955. The van der Waals surface area contributed by atoms with Crippen molar-refractivity contribution in [2.24, 2.45) is 0 Å². The van der Waals surface area contributed by atoms with E-state index in [0.29, 0.717) is 23.5 Å². The highest BCUT2D eigenvalue weighted by atomic mass is 16.3. The summed E-state index contributed by atoms with van der Waals surface area (Å²) in [6.07, 6.45) is -0.497. The van der Waals surface area contributed by atoms with Gasteiger partial charge in [-0.15, -0.1) is 0 Å². The molecule has 0 fully saturated rings. The summed E-state index contributed by atoms with van der Waals surface area (Å²) in [5.41, 5.74) is 21.7. The Kier molecular flexibility index (Phi) is 4.12. The molecule has 0 bridgehead atoms. The maximum Gasteiger partial charge on any atom is 0.0811 e. The fraction of sp³-hybridized carbons (Fsp3) is 0.200. The van der Waals surface area contributed by atoms with Gasteiger partial charge in [0.2, 0.25) is 0 Å². The summed E-state index contributed by atoms with van der Waals surface area (Å²) in [6.45, 7) is -0.294. The SMILES string of the molecule is Nc1cccc(-c2cc(CC(O)CO)cc(N)c2N)c1. The third-order valence-corrected chi connectivity index (χ3v) is 3.15. The Balaban J connectivity index is 2.47. The first-order chi connectivity index (χ1) is 9.51. The molecule has 0 aliphatic heterocycles. The Morgan fingerprint density at radius 3 is 2.45 bits per heavy atom. The second kappa shape index (κ2) is 5.81. The summed E-state index contributed by atoms with van der Waals surface area (Å²) in [5.74, 6) is 0. The average Bonchev–Trinajstić information content (AvgIpc) is 2.42. The van der Waals surface area contributed by atoms with Gasteiger partial charge in [-0.3, -0.25) is 0 Å². The van der Waals surface area contributed by atoms with Crippen molar-refractivity contribution in [3.8, 4) is 11.1 Å². The van der Waals surface area contributed by atoms with Crippen molar-refractivity contribution >= 4 is 17.1 Å². The third-order valence-electron chi connectivity index (χ3n) is 3.15. The summed E-state index contributed by atoms with van der Waals surface area (Å²) in [6, 6.07) is 10.9. The number of nitrogen functional groups attached to an aromatic ring is 3. The molecule has 106 valence electrons. The van der Waals surface area contributed by atoms with Crippen LogP contribution in [0.4, 0.5) is 17.1 Å². The molecule has 0 spiro atoms. The Bertz CT molecular complexity index is 614. The van der Waals surface area contributed by atoms with Gasteiger partial charge in [0.05, 0.1) is 24.1 Å². The summed E-state index contributed by atoms with van der Waals surface area (Å²) in [7, 11) is 0. The van der Waals surface area contributed by atoms with E-state index in [-0.39, 0.29) is 6.61 Å². The normalized spacial score (nSPS) is 12.3. The van der Waals surface area contributed by atoms with Crippen LogP contribution in [-0.2, 0) is 6.42 Å². The second-order valence-corrected chi connectivity index (χ2v) is 4.81. The largest absolute Gasteiger partial charge is 0.399 e. The zero-order chi connectivity index (χ0) is 14.7. The molecule has 1 unspecified atom stereocenters. The van der Waals surface area contributed by atoms with E-state index in [9.17, 15) is 5.11 Å². The highest BCUT2D eigenvalue weighted by Gasteiger charge is 2.11. The minimum atomic E-state index is -0.813. The fourth-order valence-electron chi connectivity index (χ4n) is 2.14. The molecule has 0 heterocycles. The van der Waals surface area contributed by atoms with Crippen LogP contribution in [-0.4, -0.2) is 22.9 Å². The predicted molar refractivity (Wildman–Crippen MR) is 81.9 cm³/mol. The molecular formula is C15H19N3O2. The molecule has 2 aromatic carbocycles. The van der Waals surface area contributed by atoms with Gasteiger partial charge < -0.3 is 27.4 Å². The Hall–Kier alpha value is -2.24. The molecule has 0 saturated carbocycles. The molecule has 8 N–H and O–H groups in total. The molecule has 0 aromatic heterocycles. The first-order valence-corrected chi connectivity index (χ1v) is 6.34. The molecule has 5 nitrogen and oxygen atoms in total. The number of aliphatic hydroxyl groups is 2. The van der Waals surface area contributed by atoms with Crippen LogP contribution in [0.5, 0.6) is 0 Å². The molecule has 1 atom stereocenters. The van der Waals surface area contributed by atoms with E-state index in [2.05, 4.69) is 0 Å². The molecule has 0 aliphatic rings. The van der Waals surface area contributed by atoms with Crippen LogP contribution in [0.25, 0.3) is 11.1 Å². The van der Waals surface area contributed by atoms with Crippen LogP contribution in [0.2, 0.25) is 0 Å². The van der Waals surface area contributed by atoms with E-state index in [1.807, 2.05) is 24.3 Å². The van der Waals surface area contributed by atoms with E-state index >= 15 is 0 Å². The summed E-state index contributed by atoms with van der Waals surface area (Å²) < 4.78 is 0. The van der Waals surface area contributed by atoms with E-state index in [4.69, 9.17) is 22.3 Å². The molecule has 5 heteroatoms. The lowest BCUT2D eigenvalue weighted by Gasteiger charge is -2.14. The summed E-state index contributed by atoms with van der Waals surface area (Å²) in [4.78, 5) is 0. The average molecular weight is 273 g/mol. The number of nitrogens with two attached hydrogens (primary N) is 3. The van der Waals surface area contributed by atoms with Gasteiger partial charge >= 0.3 is 0 Å². The number of rotatable bonds is 4. The van der Waals surface area contributed by atoms with Crippen LogP contribution in [0.1, 0.15) is 5.56 Å². The first kappa shape index (κ1) is 14.2. The topological polar surface area (TPSA) is 119 Å². The number of anilines is 3. The number of benzene rings is 2. The van der Waals surface area contributed by atoms with Crippen molar-refractivity contribution in [3.05, 3.63) is 42.0 Å². The summed E-state index contributed by atoms with van der Waals surface area (Å²) >= 11 is 0. The molecule has 0 radical (unpaired) electrons. The lowest BCUT2D eigenvalue weighted by Crippen LogP contribution is -2.15. The van der Waals surface area contributed by atoms with Crippen LogP contribution in [0, 0.1) is 0 Å².